The van der Waals surface area contributed by atoms with Crippen molar-refractivity contribution in [2.75, 3.05) is 0 Å². The van der Waals surface area contributed by atoms with Gasteiger partial charge in [0.25, 0.3) is 0 Å². The van der Waals surface area contributed by atoms with Crippen LogP contribution in [0.1, 0.15) is 101 Å². The third kappa shape index (κ3) is 5.90. The molecule has 11 heteroatoms. The van der Waals surface area contributed by atoms with E-state index in [0.29, 0.717) is 12.8 Å². The zero-order valence-corrected chi connectivity index (χ0v) is 30.6. The number of esters is 1. The van der Waals surface area contributed by atoms with E-state index in [1.54, 1.807) is 6.92 Å². The Morgan fingerprint density at radius 1 is 1.02 bits per heavy atom. The Morgan fingerprint density at radius 3 is 2.24 bits per heavy atom. The molecular formula is C38H56O11. The van der Waals surface area contributed by atoms with E-state index >= 15 is 0 Å². The van der Waals surface area contributed by atoms with Crippen molar-refractivity contribution in [3.63, 3.8) is 0 Å². The molecule has 4 fully saturated rings. The lowest BCUT2D eigenvalue weighted by atomic mass is 9.38. The van der Waals surface area contributed by atoms with Gasteiger partial charge in [0, 0.05) is 30.1 Å². The molecule has 3 saturated carbocycles. The van der Waals surface area contributed by atoms with Crippen LogP contribution in [0.5, 0.6) is 0 Å². The van der Waals surface area contributed by atoms with E-state index < -0.39 is 87.3 Å². The van der Waals surface area contributed by atoms with Crippen molar-refractivity contribution in [3.8, 4) is 0 Å². The molecule has 0 aromatic rings. The fourth-order valence-electron chi connectivity index (χ4n) is 10.7. The molecule has 5 rings (SSSR count). The molecule has 0 bridgehead atoms. The van der Waals surface area contributed by atoms with Crippen LogP contribution in [0.4, 0.5) is 0 Å². The Morgan fingerprint density at radius 2 is 1.65 bits per heavy atom. The summed E-state index contributed by atoms with van der Waals surface area (Å²) in [5.41, 5.74) is -5.82. The number of ketones is 3. The van der Waals surface area contributed by atoms with Gasteiger partial charge in [-0.25, -0.2) is 0 Å². The molecule has 13 atom stereocenters. The fraction of sp³-hybridized carbons (Fsp3) is 0.789. The van der Waals surface area contributed by atoms with Gasteiger partial charge >= 0.3 is 5.97 Å². The highest BCUT2D eigenvalue weighted by molar-refractivity contribution is 5.97. The van der Waals surface area contributed by atoms with Crippen LogP contribution in [-0.4, -0.2) is 91.8 Å². The summed E-state index contributed by atoms with van der Waals surface area (Å²) in [5.74, 6) is -3.16. The number of carbonyl (C=O) groups is 4. The third-order valence-electron chi connectivity index (χ3n) is 13.5. The molecule has 0 amide bonds. The van der Waals surface area contributed by atoms with Crippen LogP contribution < -0.4 is 0 Å². The first-order chi connectivity index (χ1) is 22.3. The highest BCUT2D eigenvalue weighted by atomic mass is 16.7. The van der Waals surface area contributed by atoms with E-state index in [0.717, 1.165) is 11.6 Å². The van der Waals surface area contributed by atoms with E-state index in [1.165, 1.54) is 33.8 Å². The number of hydrogen-bond acceptors (Lipinski definition) is 11. The predicted octanol–water partition coefficient (Wildman–Crippen LogP) is 3.38. The molecule has 0 aromatic heterocycles. The van der Waals surface area contributed by atoms with Gasteiger partial charge in [-0.15, -0.1) is 0 Å². The standard InChI is InChI=1S/C38H56O11/c1-19-23(40)16-25(48-20(2)39)32(47-19)49-26-17-35(7)27-12-11-21-22(15-24(41)31(44)34(21,5)6)37(27,9)29(43)18-36(35,8)30(26)38(10,46)28(42)13-14-33(3,4)45/h11,13-14,19,22,24-27,30-32,41,44-46H,12,15-18H2,1-10H3. The normalized spacial score (nSPS) is 44.8. The van der Waals surface area contributed by atoms with Crippen molar-refractivity contribution >= 4 is 23.3 Å². The van der Waals surface area contributed by atoms with Gasteiger partial charge in [0.05, 0.1) is 30.3 Å². The molecule has 0 spiro atoms. The minimum Gasteiger partial charge on any atom is -0.457 e. The van der Waals surface area contributed by atoms with E-state index in [4.69, 9.17) is 14.2 Å². The summed E-state index contributed by atoms with van der Waals surface area (Å²) in [7, 11) is 0. The molecular weight excluding hydrogens is 632 g/mol. The maximum Gasteiger partial charge on any atom is 0.303 e. The number of carbonyl (C=O) groups excluding carboxylic acids is 4. The molecule has 4 N–H and O–H groups in total. The first kappa shape index (κ1) is 38.0. The second kappa shape index (κ2) is 12.2. The van der Waals surface area contributed by atoms with E-state index in [2.05, 4.69) is 13.0 Å². The zero-order valence-electron chi connectivity index (χ0n) is 30.6. The Bertz CT molecular complexity index is 1450. The first-order valence-corrected chi connectivity index (χ1v) is 17.6. The van der Waals surface area contributed by atoms with Gasteiger partial charge in [0.2, 0.25) is 0 Å². The van der Waals surface area contributed by atoms with Gasteiger partial charge in [-0.1, -0.05) is 52.3 Å². The number of aliphatic hydroxyl groups excluding tert-OH is 2. The van der Waals surface area contributed by atoms with Gasteiger partial charge in [0.1, 0.15) is 17.5 Å². The maximum atomic E-state index is 14.8. The summed E-state index contributed by atoms with van der Waals surface area (Å²) < 4.78 is 18.1. The minimum atomic E-state index is -2.08. The van der Waals surface area contributed by atoms with Crippen LogP contribution >= 0.6 is 0 Å². The smallest absolute Gasteiger partial charge is 0.303 e. The topological polar surface area (TPSA) is 177 Å². The number of hydrogen-bond donors (Lipinski definition) is 4. The van der Waals surface area contributed by atoms with Crippen molar-refractivity contribution in [3.05, 3.63) is 23.8 Å². The Hall–Kier alpha value is -2.28. The van der Waals surface area contributed by atoms with Crippen LogP contribution in [0, 0.1) is 39.4 Å². The van der Waals surface area contributed by atoms with Crippen molar-refractivity contribution in [2.24, 2.45) is 39.4 Å². The third-order valence-corrected chi connectivity index (χ3v) is 13.5. The lowest BCUT2D eigenvalue weighted by Crippen LogP contribution is -2.65. The van der Waals surface area contributed by atoms with Crippen molar-refractivity contribution in [1.29, 1.82) is 0 Å². The molecule has 13 unspecified atom stereocenters. The van der Waals surface area contributed by atoms with Crippen LogP contribution in [-0.2, 0) is 33.4 Å². The van der Waals surface area contributed by atoms with Crippen molar-refractivity contribution in [2.45, 2.75) is 149 Å². The second-order valence-corrected chi connectivity index (χ2v) is 17.5. The average Bonchev–Trinajstić information content (AvgIpc) is 3.19. The SMILES string of the molecule is CC(=O)OC1CC(=O)C(C)OC1OC1CC2(C)C3CC=C4C(CC(O)C(O)C4(C)C)C3(C)C(=O)CC2(C)C1C(C)(O)C(=O)C=CC(C)(C)O. The lowest BCUT2D eigenvalue weighted by Gasteiger charge is -2.65. The molecule has 0 aromatic carbocycles. The second-order valence-electron chi connectivity index (χ2n) is 17.5. The van der Waals surface area contributed by atoms with E-state index in [1.807, 2.05) is 27.7 Å². The van der Waals surface area contributed by atoms with Crippen LogP contribution in [0.15, 0.2) is 23.8 Å². The molecule has 5 aliphatic rings. The summed E-state index contributed by atoms with van der Waals surface area (Å²) in [4.78, 5) is 53.4. The summed E-state index contributed by atoms with van der Waals surface area (Å²) in [6.07, 6.45) is -0.431. The Labute approximate surface area is 289 Å². The highest BCUT2D eigenvalue weighted by Crippen LogP contribution is 2.74. The van der Waals surface area contributed by atoms with Gasteiger partial charge in [0.15, 0.2) is 24.0 Å². The highest BCUT2D eigenvalue weighted by Gasteiger charge is 2.75. The minimum absolute atomic E-state index is 0.0102. The molecule has 11 nitrogen and oxygen atoms in total. The first-order valence-electron chi connectivity index (χ1n) is 17.6. The maximum absolute atomic E-state index is 14.8. The van der Waals surface area contributed by atoms with Gasteiger partial charge in [-0.2, -0.15) is 0 Å². The monoisotopic (exact) mass is 688 g/mol. The quantitative estimate of drug-likeness (QED) is 0.175. The number of fused-ring (bicyclic) bond motifs is 5. The number of allylic oxidation sites excluding steroid dienone is 1. The molecule has 4 aliphatic carbocycles. The summed E-state index contributed by atoms with van der Waals surface area (Å²) in [6, 6.07) is 0. The Kier molecular flexibility index (Phi) is 9.42. The molecule has 1 heterocycles. The molecule has 274 valence electrons. The summed E-state index contributed by atoms with van der Waals surface area (Å²) >= 11 is 0. The molecule has 49 heavy (non-hydrogen) atoms. The van der Waals surface area contributed by atoms with Crippen LogP contribution in [0.3, 0.4) is 0 Å². The van der Waals surface area contributed by atoms with Crippen LogP contribution in [0.25, 0.3) is 0 Å². The largest absolute Gasteiger partial charge is 0.457 e. The number of Topliss-reactive ketones (excluding diaryl/α,β-unsaturated/α-hetero) is 2. The van der Waals surface area contributed by atoms with E-state index in [-0.39, 0.29) is 42.7 Å². The molecule has 1 aliphatic heterocycles. The van der Waals surface area contributed by atoms with Gasteiger partial charge in [-0.3, -0.25) is 19.2 Å². The van der Waals surface area contributed by atoms with Crippen molar-refractivity contribution < 1.29 is 53.8 Å². The van der Waals surface area contributed by atoms with Gasteiger partial charge in [-0.05, 0) is 75.7 Å². The number of aliphatic hydroxyl groups is 4. The predicted molar refractivity (Wildman–Crippen MR) is 178 cm³/mol. The fourth-order valence-corrected chi connectivity index (χ4v) is 10.7. The zero-order chi connectivity index (χ0) is 36.9. The average molecular weight is 689 g/mol. The van der Waals surface area contributed by atoms with Crippen LogP contribution in [0.2, 0.25) is 0 Å². The summed E-state index contributed by atoms with van der Waals surface area (Å²) in [6.45, 7) is 17.0. The number of rotatable bonds is 7. The molecule has 0 radical (unpaired) electrons. The summed E-state index contributed by atoms with van der Waals surface area (Å²) in [5, 5.41) is 44.7. The molecule has 1 saturated heterocycles. The lowest BCUT2D eigenvalue weighted by molar-refractivity contribution is -0.262. The van der Waals surface area contributed by atoms with Crippen molar-refractivity contribution in [1.82, 2.24) is 0 Å². The Balaban J connectivity index is 1.63. The van der Waals surface area contributed by atoms with Gasteiger partial charge < -0.3 is 34.6 Å². The van der Waals surface area contributed by atoms with E-state index in [9.17, 15) is 39.6 Å². The number of ether oxygens (including phenoxy) is 3.